The number of hydrogen-bond donors (Lipinski definition) is 1. The van der Waals surface area contributed by atoms with Crippen LogP contribution in [0.15, 0.2) is 54.6 Å². The zero-order valence-electron chi connectivity index (χ0n) is 14.8. The lowest BCUT2D eigenvalue weighted by Crippen LogP contribution is -2.26. The minimum atomic E-state index is 0.526. The SMILES string of the molecule is CCN(CC)c1ccc(CN[C@H](C)CCc2ccccc2)cc1. The molecule has 0 aliphatic rings. The maximum atomic E-state index is 3.63. The van der Waals surface area contributed by atoms with Gasteiger partial charge in [-0.3, -0.25) is 0 Å². The van der Waals surface area contributed by atoms with E-state index in [1.165, 1.54) is 23.2 Å². The normalized spacial score (nSPS) is 12.1. The zero-order chi connectivity index (χ0) is 16.5. The standard InChI is InChI=1S/C21H30N2/c1-4-23(5-2)21-15-13-20(14-16-21)17-22-18(3)11-12-19-9-7-6-8-10-19/h6-10,13-16,18,22H,4-5,11-12,17H2,1-3H3/t18-/m1/s1. The van der Waals surface area contributed by atoms with E-state index in [0.29, 0.717) is 6.04 Å². The molecule has 0 saturated carbocycles. The number of anilines is 1. The van der Waals surface area contributed by atoms with Gasteiger partial charge >= 0.3 is 0 Å². The summed E-state index contributed by atoms with van der Waals surface area (Å²) in [7, 11) is 0. The molecule has 124 valence electrons. The zero-order valence-corrected chi connectivity index (χ0v) is 14.8. The van der Waals surface area contributed by atoms with Crippen molar-refractivity contribution in [2.45, 2.75) is 46.2 Å². The molecule has 0 aliphatic heterocycles. The maximum Gasteiger partial charge on any atom is 0.0366 e. The Kier molecular flexibility index (Phi) is 7.15. The van der Waals surface area contributed by atoms with E-state index in [-0.39, 0.29) is 0 Å². The second-order valence-corrected chi connectivity index (χ2v) is 6.14. The smallest absolute Gasteiger partial charge is 0.0366 e. The lowest BCUT2D eigenvalue weighted by atomic mass is 10.1. The number of aryl methyl sites for hydroxylation is 1. The number of rotatable bonds is 9. The average molecular weight is 310 g/mol. The van der Waals surface area contributed by atoms with Gasteiger partial charge in [0.1, 0.15) is 0 Å². The molecular weight excluding hydrogens is 280 g/mol. The molecule has 1 N–H and O–H groups in total. The molecular formula is C21H30N2. The molecule has 0 spiro atoms. The van der Waals surface area contributed by atoms with E-state index in [1.54, 1.807) is 0 Å². The van der Waals surface area contributed by atoms with Crippen LogP contribution in [0.1, 0.15) is 38.3 Å². The van der Waals surface area contributed by atoms with Gasteiger partial charge in [-0.15, -0.1) is 0 Å². The van der Waals surface area contributed by atoms with Gasteiger partial charge in [-0.1, -0.05) is 42.5 Å². The van der Waals surface area contributed by atoms with Crippen molar-refractivity contribution < 1.29 is 0 Å². The Labute approximate surface area is 141 Å². The molecule has 0 radical (unpaired) electrons. The van der Waals surface area contributed by atoms with Crippen LogP contribution in [0, 0.1) is 0 Å². The fourth-order valence-corrected chi connectivity index (χ4v) is 2.84. The van der Waals surface area contributed by atoms with Crippen molar-refractivity contribution in [3.8, 4) is 0 Å². The predicted molar refractivity (Wildman–Crippen MR) is 101 cm³/mol. The first kappa shape index (κ1) is 17.6. The van der Waals surface area contributed by atoms with E-state index in [1.807, 2.05) is 0 Å². The molecule has 2 aromatic rings. The van der Waals surface area contributed by atoms with E-state index in [0.717, 1.165) is 26.1 Å². The van der Waals surface area contributed by atoms with Crippen molar-refractivity contribution in [2.24, 2.45) is 0 Å². The Morgan fingerprint density at radius 3 is 2.13 bits per heavy atom. The lowest BCUT2D eigenvalue weighted by Gasteiger charge is -2.21. The number of nitrogens with zero attached hydrogens (tertiary/aromatic N) is 1. The van der Waals surface area contributed by atoms with Crippen molar-refractivity contribution in [1.29, 1.82) is 0 Å². The van der Waals surface area contributed by atoms with Crippen molar-refractivity contribution in [1.82, 2.24) is 5.32 Å². The van der Waals surface area contributed by atoms with Gasteiger partial charge in [0.05, 0.1) is 0 Å². The third-order valence-electron chi connectivity index (χ3n) is 4.43. The molecule has 2 heteroatoms. The van der Waals surface area contributed by atoms with Gasteiger partial charge < -0.3 is 10.2 Å². The third kappa shape index (κ3) is 5.72. The van der Waals surface area contributed by atoms with Crippen LogP contribution in [0.3, 0.4) is 0 Å². The van der Waals surface area contributed by atoms with Crippen LogP contribution in [-0.2, 0) is 13.0 Å². The summed E-state index contributed by atoms with van der Waals surface area (Å²) in [5.41, 5.74) is 4.09. The summed E-state index contributed by atoms with van der Waals surface area (Å²) in [5, 5.41) is 3.63. The van der Waals surface area contributed by atoms with E-state index >= 15 is 0 Å². The minimum Gasteiger partial charge on any atom is -0.372 e. The van der Waals surface area contributed by atoms with Gasteiger partial charge in [0, 0.05) is 31.4 Å². The summed E-state index contributed by atoms with van der Waals surface area (Å²) >= 11 is 0. The van der Waals surface area contributed by atoms with Crippen LogP contribution in [0.25, 0.3) is 0 Å². The van der Waals surface area contributed by atoms with Crippen molar-refractivity contribution in [3.63, 3.8) is 0 Å². The Bertz CT molecular complexity index is 544. The summed E-state index contributed by atoms with van der Waals surface area (Å²) < 4.78 is 0. The lowest BCUT2D eigenvalue weighted by molar-refractivity contribution is 0.514. The highest BCUT2D eigenvalue weighted by Gasteiger charge is 2.04. The Balaban J connectivity index is 1.76. The van der Waals surface area contributed by atoms with Crippen molar-refractivity contribution >= 4 is 5.69 Å². The molecule has 0 heterocycles. The van der Waals surface area contributed by atoms with Gasteiger partial charge in [-0.05, 0) is 56.9 Å². The second-order valence-electron chi connectivity index (χ2n) is 6.14. The number of hydrogen-bond acceptors (Lipinski definition) is 2. The fraction of sp³-hybridized carbons (Fsp3) is 0.429. The first-order valence-electron chi connectivity index (χ1n) is 8.84. The summed E-state index contributed by atoms with van der Waals surface area (Å²) in [6.07, 6.45) is 2.30. The molecule has 0 aromatic heterocycles. The van der Waals surface area contributed by atoms with Crippen LogP contribution in [0.4, 0.5) is 5.69 Å². The van der Waals surface area contributed by atoms with E-state index < -0.39 is 0 Å². The summed E-state index contributed by atoms with van der Waals surface area (Å²) in [6.45, 7) is 9.73. The van der Waals surface area contributed by atoms with Crippen LogP contribution < -0.4 is 10.2 Å². The predicted octanol–water partition coefficient (Wildman–Crippen LogP) is 4.64. The van der Waals surface area contributed by atoms with Crippen molar-refractivity contribution in [3.05, 3.63) is 65.7 Å². The Morgan fingerprint density at radius 1 is 0.870 bits per heavy atom. The summed E-state index contributed by atoms with van der Waals surface area (Å²) in [4.78, 5) is 2.37. The van der Waals surface area contributed by atoms with Gasteiger partial charge in [0.25, 0.3) is 0 Å². The second kappa shape index (κ2) is 9.36. The highest BCUT2D eigenvalue weighted by Crippen LogP contribution is 2.15. The monoisotopic (exact) mass is 310 g/mol. The number of benzene rings is 2. The minimum absolute atomic E-state index is 0.526. The van der Waals surface area contributed by atoms with Crippen LogP contribution in [0.2, 0.25) is 0 Å². The molecule has 0 aliphatic carbocycles. The Hall–Kier alpha value is -1.80. The molecule has 0 unspecified atom stereocenters. The molecule has 2 aromatic carbocycles. The fourth-order valence-electron chi connectivity index (χ4n) is 2.84. The molecule has 0 fully saturated rings. The first-order valence-corrected chi connectivity index (χ1v) is 8.84. The average Bonchev–Trinajstić information content (AvgIpc) is 2.61. The van der Waals surface area contributed by atoms with E-state index in [2.05, 4.69) is 85.6 Å². The third-order valence-corrected chi connectivity index (χ3v) is 4.43. The topological polar surface area (TPSA) is 15.3 Å². The summed E-state index contributed by atoms with van der Waals surface area (Å²) in [6, 6.07) is 20.2. The van der Waals surface area contributed by atoms with Crippen LogP contribution in [-0.4, -0.2) is 19.1 Å². The molecule has 2 rings (SSSR count). The summed E-state index contributed by atoms with van der Waals surface area (Å²) in [5.74, 6) is 0. The quantitative estimate of drug-likeness (QED) is 0.725. The molecule has 23 heavy (non-hydrogen) atoms. The van der Waals surface area contributed by atoms with Gasteiger partial charge in [-0.25, -0.2) is 0 Å². The van der Waals surface area contributed by atoms with Crippen LogP contribution >= 0.6 is 0 Å². The van der Waals surface area contributed by atoms with Gasteiger partial charge in [0.15, 0.2) is 0 Å². The van der Waals surface area contributed by atoms with Crippen molar-refractivity contribution in [2.75, 3.05) is 18.0 Å². The molecule has 1 atom stereocenters. The first-order chi connectivity index (χ1) is 11.2. The molecule has 0 amide bonds. The highest BCUT2D eigenvalue weighted by molar-refractivity contribution is 5.47. The highest BCUT2D eigenvalue weighted by atomic mass is 15.1. The van der Waals surface area contributed by atoms with E-state index in [9.17, 15) is 0 Å². The molecule has 0 bridgehead atoms. The molecule has 0 saturated heterocycles. The molecule has 2 nitrogen and oxygen atoms in total. The van der Waals surface area contributed by atoms with Gasteiger partial charge in [-0.2, -0.15) is 0 Å². The van der Waals surface area contributed by atoms with Crippen LogP contribution in [0.5, 0.6) is 0 Å². The largest absolute Gasteiger partial charge is 0.372 e. The number of nitrogens with one attached hydrogen (secondary N) is 1. The Morgan fingerprint density at radius 2 is 1.52 bits per heavy atom. The maximum absolute atomic E-state index is 3.63. The van der Waals surface area contributed by atoms with Gasteiger partial charge in [0.2, 0.25) is 0 Å². The van der Waals surface area contributed by atoms with E-state index in [4.69, 9.17) is 0 Å².